The third kappa shape index (κ3) is 5.74. The molecule has 1 saturated carbocycles. The quantitative estimate of drug-likeness (QED) is 0.659. The number of aromatic carboxylic acids is 1. The number of amides is 1. The van der Waals surface area contributed by atoms with Crippen molar-refractivity contribution in [3.05, 3.63) is 71.3 Å². The number of alkyl halides is 3. The van der Waals surface area contributed by atoms with Crippen LogP contribution in [0.15, 0.2) is 54.6 Å². The van der Waals surface area contributed by atoms with Crippen LogP contribution in [0.2, 0.25) is 0 Å². The fourth-order valence-corrected chi connectivity index (χ4v) is 4.73. The van der Waals surface area contributed by atoms with Crippen molar-refractivity contribution >= 4 is 11.9 Å². The SMILES string of the molecule is O=C(O)c1ccc(CN2CCC(CN(C(=O)C(F)(F)F)[C@@H]3C[C@H]3c3ccccc3)CC2)cc1. The summed E-state index contributed by atoms with van der Waals surface area (Å²) in [5, 5.41) is 9.00. The second-order valence-electron chi connectivity index (χ2n) is 9.00. The Morgan fingerprint density at radius 1 is 1.00 bits per heavy atom. The third-order valence-electron chi connectivity index (χ3n) is 6.66. The molecule has 2 aliphatic rings. The summed E-state index contributed by atoms with van der Waals surface area (Å²) in [6.45, 7) is 2.25. The highest BCUT2D eigenvalue weighted by Crippen LogP contribution is 2.46. The first kappa shape index (κ1) is 23.3. The van der Waals surface area contributed by atoms with Crippen molar-refractivity contribution in [2.75, 3.05) is 19.6 Å². The molecule has 1 aliphatic heterocycles. The lowest BCUT2D eigenvalue weighted by atomic mass is 9.95. The number of carbonyl (C=O) groups excluding carboxylic acids is 1. The maximum Gasteiger partial charge on any atom is 0.471 e. The van der Waals surface area contributed by atoms with E-state index in [4.69, 9.17) is 5.11 Å². The first-order chi connectivity index (χ1) is 15.7. The van der Waals surface area contributed by atoms with E-state index >= 15 is 0 Å². The van der Waals surface area contributed by atoms with E-state index in [9.17, 15) is 22.8 Å². The van der Waals surface area contributed by atoms with Gasteiger partial charge in [0.2, 0.25) is 0 Å². The second kappa shape index (κ2) is 9.55. The summed E-state index contributed by atoms with van der Waals surface area (Å²) in [5.41, 5.74) is 2.21. The van der Waals surface area contributed by atoms with Crippen molar-refractivity contribution in [2.24, 2.45) is 5.92 Å². The minimum Gasteiger partial charge on any atom is -0.478 e. The minimum absolute atomic E-state index is 0.0268. The number of nitrogens with zero attached hydrogens (tertiary/aromatic N) is 2. The van der Waals surface area contributed by atoms with Crippen LogP contribution in [0, 0.1) is 5.92 Å². The normalized spacial score (nSPS) is 21.5. The third-order valence-corrected chi connectivity index (χ3v) is 6.66. The molecule has 0 bridgehead atoms. The highest BCUT2D eigenvalue weighted by molar-refractivity contribution is 5.87. The first-order valence-electron chi connectivity index (χ1n) is 11.2. The fourth-order valence-electron chi connectivity index (χ4n) is 4.73. The first-order valence-corrected chi connectivity index (χ1v) is 11.2. The summed E-state index contributed by atoms with van der Waals surface area (Å²) >= 11 is 0. The van der Waals surface area contributed by atoms with Crippen molar-refractivity contribution < 1.29 is 27.9 Å². The van der Waals surface area contributed by atoms with Crippen LogP contribution < -0.4 is 0 Å². The summed E-state index contributed by atoms with van der Waals surface area (Å²) in [7, 11) is 0. The summed E-state index contributed by atoms with van der Waals surface area (Å²) < 4.78 is 40.0. The highest BCUT2D eigenvalue weighted by atomic mass is 19.4. The van der Waals surface area contributed by atoms with Gasteiger partial charge in [-0.15, -0.1) is 0 Å². The Morgan fingerprint density at radius 3 is 2.21 bits per heavy atom. The van der Waals surface area contributed by atoms with Gasteiger partial charge in [0.1, 0.15) is 0 Å². The van der Waals surface area contributed by atoms with Gasteiger partial charge in [-0.25, -0.2) is 4.79 Å². The fraction of sp³-hybridized carbons (Fsp3) is 0.440. The molecule has 1 heterocycles. The molecular formula is C25H27F3N2O3. The molecule has 1 amide bonds. The van der Waals surface area contributed by atoms with Crippen LogP contribution in [0.4, 0.5) is 13.2 Å². The van der Waals surface area contributed by atoms with Crippen LogP contribution in [0.5, 0.6) is 0 Å². The molecule has 4 rings (SSSR count). The molecule has 2 aromatic rings. The molecule has 0 spiro atoms. The number of likely N-dealkylation sites (tertiary alicyclic amines) is 1. The summed E-state index contributed by atoms with van der Waals surface area (Å²) in [5.74, 6) is -2.71. The van der Waals surface area contributed by atoms with Gasteiger partial charge in [0, 0.05) is 25.0 Å². The van der Waals surface area contributed by atoms with E-state index in [0.29, 0.717) is 13.0 Å². The Hall–Kier alpha value is -2.87. The molecular weight excluding hydrogens is 433 g/mol. The Morgan fingerprint density at radius 2 is 1.64 bits per heavy atom. The zero-order valence-corrected chi connectivity index (χ0v) is 18.2. The largest absolute Gasteiger partial charge is 0.478 e. The topological polar surface area (TPSA) is 60.9 Å². The maximum absolute atomic E-state index is 13.3. The molecule has 0 radical (unpaired) electrons. The van der Waals surface area contributed by atoms with Gasteiger partial charge in [0.25, 0.3) is 0 Å². The summed E-state index contributed by atoms with van der Waals surface area (Å²) in [6, 6.07) is 15.7. The molecule has 0 aromatic heterocycles. The van der Waals surface area contributed by atoms with Crippen molar-refractivity contribution in [2.45, 2.75) is 43.9 Å². The molecule has 2 fully saturated rings. The lowest BCUT2D eigenvalue weighted by molar-refractivity contribution is -0.187. The standard InChI is InChI=1S/C25H27F3N2O3/c26-25(27,28)24(33)30(22-14-21(22)19-4-2-1-3-5-19)16-18-10-12-29(13-11-18)15-17-6-8-20(9-7-17)23(31)32/h1-9,18,21-22H,10-16H2,(H,31,32)/t21-,22+/m0/s1. The zero-order valence-electron chi connectivity index (χ0n) is 18.2. The predicted molar refractivity (Wildman–Crippen MR) is 117 cm³/mol. The molecule has 2 aromatic carbocycles. The lowest BCUT2D eigenvalue weighted by Gasteiger charge is -2.35. The van der Waals surface area contributed by atoms with Gasteiger partial charge >= 0.3 is 18.1 Å². The van der Waals surface area contributed by atoms with E-state index in [1.54, 1.807) is 24.3 Å². The lowest BCUT2D eigenvalue weighted by Crippen LogP contribution is -2.47. The number of carboxylic acids is 1. The van der Waals surface area contributed by atoms with E-state index < -0.39 is 24.1 Å². The van der Waals surface area contributed by atoms with Gasteiger partial charge in [-0.2, -0.15) is 13.2 Å². The van der Waals surface area contributed by atoms with Crippen LogP contribution in [-0.4, -0.2) is 58.6 Å². The Balaban J connectivity index is 1.34. The van der Waals surface area contributed by atoms with E-state index in [0.717, 1.165) is 42.0 Å². The number of carbonyl (C=O) groups is 2. The summed E-state index contributed by atoms with van der Waals surface area (Å²) in [4.78, 5) is 26.5. The zero-order chi connectivity index (χ0) is 23.6. The molecule has 8 heteroatoms. The van der Waals surface area contributed by atoms with Crippen molar-refractivity contribution in [1.29, 1.82) is 0 Å². The van der Waals surface area contributed by atoms with E-state index in [1.165, 1.54) is 0 Å². The monoisotopic (exact) mass is 460 g/mol. The van der Waals surface area contributed by atoms with Gasteiger partial charge in [-0.05, 0) is 61.5 Å². The molecule has 176 valence electrons. The molecule has 1 aliphatic carbocycles. The van der Waals surface area contributed by atoms with Crippen molar-refractivity contribution in [3.63, 3.8) is 0 Å². The van der Waals surface area contributed by atoms with Gasteiger partial charge in [-0.3, -0.25) is 9.69 Å². The Kier molecular flexibility index (Phi) is 6.74. The van der Waals surface area contributed by atoms with E-state index in [1.807, 2.05) is 30.3 Å². The predicted octanol–water partition coefficient (Wildman–Crippen LogP) is 4.54. The smallest absolute Gasteiger partial charge is 0.471 e. The van der Waals surface area contributed by atoms with Crippen LogP contribution in [0.1, 0.15) is 46.7 Å². The van der Waals surface area contributed by atoms with E-state index in [-0.39, 0.29) is 23.9 Å². The maximum atomic E-state index is 13.3. The molecule has 33 heavy (non-hydrogen) atoms. The minimum atomic E-state index is -4.87. The number of benzene rings is 2. The molecule has 1 N–H and O–H groups in total. The van der Waals surface area contributed by atoms with Crippen LogP contribution in [0.3, 0.4) is 0 Å². The number of rotatable bonds is 7. The number of carboxylic acid groups (broad SMARTS) is 1. The van der Waals surface area contributed by atoms with Gasteiger partial charge in [-0.1, -0.05) is 42.5 Å². The average Bonchev–Trinajstić information content (AvgIpc) is 3.59. The molecule has 5 nitrogen and oxygen atoms in total. The van der Waals surface area contributed by atoms with Gasteiger partial charge in [0.15, 0.2) is 0 Å². The second-order valence-corrected chi connectivity index (χ2v) is 9.00. The molecule has 1 saturated heterocycles. The van der Waals surface area contributed by atoms with E-state index in [2.05, 4.69) is 4.90 Å². The van der Waals surface area contributed by atoms with Gasteiger partial charge < -0.3 is 10.0 Å². The Bertz CT molecular complexity index is 971. The van der Waals surface area contributed by atoms with Gasteiger partial charge in [0.05, 0.1) is 5.56 Å². The molecule has 2 atom stereocenters. The number of hydrogen-bond donors (Lipinski definition) is 1. The average molecular weight is 460 g/mol. The van der Waals surface area contributed by atoms with Crippen molar-refractivity contribution in [3.8, 4) is 0 Å². The van der Waals surface area contributed by atoms with Crippen LogP contribution >= 0.6 is 0 Å². The molecule has 0 unspecified atom stereocenters. The number of hydrogen-bond acceptors (Lipinski definition) is 3. The Labute approximate surface area is 190 Å². The van der Waals surface area contributed by atoms with Crippen molar-refractivity contribution in [1.82, 2.24) is 9.80 Å². The number of piperidine rings is 1. The highest BCUT2D eigenvalue weighted by Gasteiger charge is 2.52. The van der Waals surface area contributed by atoms with Crippen LogP contribution in [-0.2, 0) is 11.3 Å². The summed E-state index contributed by atoms with van der Waals surface area (Å²) in [6.07, 6.45) is -2.86. The number of halogens is 3. The van der Waals surface area contributed by atoms with Crippen LogP contribution in [0.25, 0.3) is 0 Å².